The van der Waals surface area contributed by atoms with E-state index in [1.165, 1.54) is 0 Å². The van der Waals surface area contributed by atoms with Crippen molar-refractivity contribution in [3.8, 4) is 0 Å². The van der Waals surface area contributed by atoms with Crippen molar-refractivity contribution in [1.82, 2.24) is 0 Å². The molecular formula is C6H12Br2O. The van der Waals surface area contributed by atoms with Crippen LogP contribution in [-0.2, 0) is 0 Å². The molecule has 0 aliphatic rings. The van der Waals surface area contributed by atoms with Crippen LogP contribution in [0.25, 0.3) is 0 Å². The highest BCUT2D eigenvalue weighted by molar-refractivity contribution is 9.12. The lowest BCUT2D eigenvalue weighted by atomic mass is 10.1. The molecule has 0 saturated carbocycles. The van der Waals surface area contributed by atoms with Crippen molar-refractivity contribution in [2.45, 2.75) is 24.8 Å². The number of rotatable bonds is 3. The lowest BCUT2D eigenvalue weighted by molar-refractivity contribution is 0.130. The SMILES string of the molecule is CC(C)C(O)C(Br)CBr. The second-order valence-electron chi connectivity index (χ2n) is 2.40. The summed E-state index contributed by atoms with van der Waals surface area (Å²) in [7, 11) is 0. The lowest BCUT2D eigenvalue weighted by Crippen LogP contribution is -2.26. The van der Waals surface area contributed by atoms with Crippen LogP contribution in [-0.4, -0.2) is 21.4 Å². The van der Waals surface area contributed by atoms with E-state index in [-0.39, 0.29) is 10.9 Å². The molecule has 0 bridgehead atoms. The van der Waals surface area contributed by atoms with Gasteiger partial charge < -0.3 is 5.11 Å². The second kappa shape index (κ2) is 4.69. The monoisotopic (exact) mass is 258 g/mol. The summed E-state index contributed by atoms with van der Waals surface area (Å²) in [5, 5.41) is 10.1. The van der Waals surface area contributed by atoms with E-state index in [4.69, 9.17) is 0 Å². The van der Waals surface area contributed by atoms with Gasteiger partial charge in [-0.1, -0.05) is 45.7 Å². The van der Waals surface area contributed by atoms with Gasteiger partial charge in [0.25, 0.3) is 0 Å². The Kier molecular flexibility index (Phi) is 5.17. The van der Waals surface area contributed by atoms with Gasteiger partial charge in [-0.05, 0) is 5.92 Å². The van der Waals surface area contributed by atoms with Crippen molar-refractivity contribution in [3.05, 3.63) is 0 Å². The van der Waals surface area contributed by atoms with Gasteiger partial charge in [-0.3, -0.25) is 0 Å². The van der Waals surface area contributed by atoms with Crippen LogP contribution >= 0.6 is 31.9 Å². The Morgan fingerprint density at radius 2 is 1.89 bits per heavy atom. The number of halogens is 2. The van der Waals surface area contributed by atoms with E-state index >= 15 is 0 Å². The normalized spacial score (nSPS) is 18.0. The van der Waals surface area contributed by atoms with E-state index in [0.717, 1.165) is 5.33 Å². The van der Waals surface area contributed by atoms with Gasteiger partial charge in [0.05, 0.1) is 10.9 Å². The van der Waals surface area contributed by atoms with Crippen molar-refractivity contribution in [1.29, 1.82) is 0 Å². The fourth-order valence-corrected chi connectivity index (χ4v) is 1.50. The van der Waals surface area contributed by atoms with Gasteiger partial charge in [-0.25, -0.2) is 0 Å². The molecule has 3 heteroatoms. The highest BCUT2D eigenvalue weighted by Gasteiger charge is 2.17. The Bertz CT molecular complexity index is 75.5. The molecule has 0 fully saturated rings. The van der Waals surface area contributed by atoms with Crippen LogP contribution in [0.1, 0.15) is 13.8 Å². The third-order valence-electron chi connectivity index (χ3n) is 1.20. The lowest BCUT2D eigenvalue weighted by Gasteiger charge is -2.17. The number of hydrogen-bond acceptors (Lipinski definition) is 1. The summed E-state index contributed by atoms with van der Waals surface area (Å²) in [5.41, 5.74) is 0. The van der Waals surface area contributed by atoms with Gasteiger partial charge in [0.1, 0.15) is 0 Å². The van der Waals surface area contributed by atoms with E-state index in [0.29, 0.717) is 5.92 Å². The molecule has 2 atom stereocenters. The molecule has 0 aliphatic carbocycles. The first-order valence-electron chi connectivity index (χ1n) is 2.97. The zero-order valence-corrected chi connectivity index (χ0v) is 8.81. The summed E-state index contributed by atoms with van der Waals surface area (Å²) < 4.78 is 0. The molecule has 1 nitrogen and oxygen atoms in total. The molecule has 2 unspecified atom stereocenters. The molecule has 0 saturated heterocycles. The molecule has 0 aromatic rings. The van der Waals surface area contributed by atoms with E-state index in [9.17, 15) is 5.11 Å². The second-order valence-corrected chi connectivity index (χ2v) is 4.23. The predicted molar refractivity (Wildman–Crippen MR) is 47.4 cm³/mol. The van der Waals surface area contributed by atoms with Crippen LogP contribution in [0.4, 0.5) is 0 Å². The van der Waals surface area contributed by atoms with Gasteiger partial charge in [-0.2, -0.15) is 0 Å². The maximum Gasteiger partial charge on any atom is 0.0696 e. The molecule has 56 valence electrons. The Hall–Kier alpha value is 0.920. The zero-order valence-electron chi connectivity index (χ0n) is 5.64. The molecule has 0 spiro atoms. The maximum atomic E-state index is 9.32. The highest BCUT2D eigenvalue weighted by Crippen LogP contribution is 2.15. The molecule has 1 N–H and O–H groups in total. The average Bonchev–Trinajstić information content (AvgIpc) is 1.84. The van der Waals surface area contributed by atoms with Gasteiger partial charge in [0.2, 0.25) is 0 Å². The predicted octanol–water partition coefficient (Wildman–Crippen LogP) is 2.16. The van der Waals surface area contributed by atoms with Crippen molar-refractivity contribution in [2.24, 2.45) is 5.92 Å². The minimum Gasteiger partial charge on any atom is -0.392 e. The van der Waals surface area contributed by atoms with Gasteiger partial charge >= 0.3 is 0 Å². The van der Waals surface area contributed by atoms with E-state index < -0.39 is 0 Å². The van der Waals surface area contributed by atoms with Crippen molar-refractivity contribution >= 4 is 31.9 Å². The fourth-order valence-electron chi connectivity index (χ4n) is 0.509. The number of alkyl halides is 2. The van der Waals surface area contributed by atoms with E-state index in [1.807, 2.05) is 13.8 Å². The van der Waals surface area contributed by atoms with Crippen molar-refractivity contribution in [3.63, 3.8) is 0 Å². The summed E-state index contributed by atoms with van der Waals surface area (Å²) in [6, 6.07) is 0. The van der Waals surface area contributed by atoms with E-state index in [1.54, 1.807) is 0 Å². The van der Waals surface area contributed by atoms with Crippen LogP contribution in [0, 0.1) is 5.92 Å². The van der Waals surface area contributed by atoms with Gasteiger partial charge in [0.15, 0.2) is 0 Å². The summed E-state index contributed by atoms with van der Waals surface area (Å²) in [5.74, 6) is 0.326. The fraction of sp³-hybridized carbons (Fsp3) is 1.00. The molecule has 0 heterocycles. The standard InChI is InChI=1S/C6H12Br2O/c1-4(2)6(9)5(8)3-7/h4-6,9H,3H2,1-2H3. The maximum absolute atomic E-state index is 9.32. The molecule has 0 aromatic carbocycles. The molecule has 0 aliphatic heterocycles. The molecule has 9 heavy (non-hydrogen) atoms. The molecule has 0 radical (unpaired) electrons. The largest absolute Gasteiger partial charge is 0.392 e. The minimum absolute atomic E-state index is 0.178. The van der Waals surface area contributed by atoms with Gasteiger partial charge in [0, 0.05) is 5.33 Å². The Morgan fingerprint density at radius 3 is 2.00 bits per heavy atom. The minimum atomic E-state index is -0.246. The molecule has 0 rings (SSSR count). The summed E-state index contributed by atoms with van der Waals surface area (Å²) in [6.45, 7) is 4.00. The highest BCUT2D eigenvalue weighted by atomic mass is 79.9. The Labute approximate surface area is 73.1 Å². The van der Waals surface area contributed by atoms with Crippen LogP contribution in [0.3, 0.4) is 0 Å². The average molecular weight is 260 g/mol. The zero-order chi connectivity index (χ0) is 7.44. The number of aliphatic hydroxyl groups is 1. The van der Waals surface area contributed by atoms with Gasteiger partial charge in [-0.15, -0.1) is 0 Å². The van der Waals surface area contributed by atoms with Crippen LogP contribution < -0.4 is 0 Å². The van der Waals surface area contributed by atoms with Crippen molar-refractivity contribution in [2.75, 3.05) is 5.33 Å². The first-order valence-corrected chi connectivity index (χ1v) is 5.01. The molecule has 0 aromatic heterocycles. The van der Waals surface area contributed by atoms with Crippen LogP contribution in [0.5, 0.6) is 0 Å². The quantitative estimate of drug-likeness (QED) is 0.771. The Morgan fingerprint density at radius 1 is 1.44 bits per heavy atom. The van der Waals surface area contributed by atoms with Crippen LogP contribution in [0.15, 0.2) is 0 Å². The summed E-state index contributed by atoms with van der Waals surface area (Å²) >= 11 is 6.62. The van der Waals surface area contributed by atoms with Crippen LogP contribution in [0.2, 0.25) is 0 Å². The molecule has 0 amide bonds. The topological polar surface area (TPSA) is 20.2 Å². The third kappa shape index (κ3) is 3.58. The smallest absolute Gasteiger partial charge is 0.0696 e. The van der Waals surface area contributed by atoms with Crippen molar-refractivity contribution < 1.29 is 5.11 Å². The third-order valence-corrected chi connectivity index (χ3v) is 3.63. The van der Waals surface area contributed by atoms with E-state index in [2.05, 4.69) is 31.9 Å². The molecular weight excluding hydrogens is 248 g/mol. The number of aliphatic hydroxyl groups excluding tert-OH is 1. The first kappa shape index (κ1) is 9.92. The Balaban J connectivity index is 3.58. The summed E-state index contributed by atoms with van der Waals surface area (Å²) in [6.07, 6.45) is -0.246. The number of hydrogen-bond donors (Lipinski definition) is 1. The first-order chi connectivity index (χ1) is 4.09. The summed E-state index contributed by atoms with van der Waals surface area (Å²) in [4.78, 5) is 0.178.